The number of nitriles is 1. The lowest BCUT2D eigenvalue weighted by Crippen LogP contribution is -2.52. The Kier molecular flexibility index (Phi) is 4.12. The molecule has 0 saturated heterocycles. The normalized spacial score (nSPS) is 27.7. The van der Waals surface area contributed by atoms with Crippen LogP contribution in [-0.2, 0) is 0 Å². The van der Waals surface area contributed by atoms with Gasteiger partial charge in [-0.15, -0.1) is 0 Å². The fraction of sp³-hybridized carbons (Fsp3) is 0.917. The Balaban J connectivity index is 2.72. The molecule has 1 saturated carbocycles. The first-order valence-electron chi connectivity index (χ1n) is 5.76. The zero-order valence-electron chi connectivity index (χ0n) is 10.0. The van der Waals surface area contributed by atoms with E-state index in [1.165, 1.54) is 12.8 Å². The van der Waals surface area contributed by atoms with Crippen LogP contribution in [0.4, 0.5) is 0 Å². The van der Waals surface area contributed by atoms with Crippen LogP contribution in [0.1, 0.15) is 39.5 Å². The highest BCUT2D eigenvalue weighted by Crippen LogP contribution is 2.30. The highest BCUT2D eigenvalue weighted by atomic mass is 16.3. The second-order valence-electron chi connectivity index (χ2n) is 5.17. The van der Waals surface area contributed by atoms with Gasteiger partial charge in [-0.2, -0.15) is 5.26 Å². The maximum absolute atomic E-state index is 9.33. The van der Waals surface area contributed by atoms with Crippen molar-refractivity contribution in [1.29, 1.82) is 5.26 Å². The summed E-state index contributed by atoms with van der Waals surface area (Å²) in [5, 5.41) is 18.4. The van der Waals surface area contributed by atoms with Crippen LogP contribution in [0.2, 0.25) is 0 Å². The first-order valence-corrected chi connectivity index (χ1v) is 5.76. The van der Waals surface area contributed by atoms with Crippen LogP contribution in [-0.4, -0.2) is 35.2 Å². The molecule has 1 aliphatic rings. The highest BCUT2D eigenvalue weighted by molar-refractivity contribution is 4.98. The van der Waals surface area contributed by atoms with E-state index in [1.54, 1.807) is 0 Å². The van der Waals surface area contributed by atoms with Gasteiger partial charge in [0, 0.05) is 11.6 Å². The van der Waals surface area contributed by atoms with Crippen molar-refractivity contribution in [3.8, 4) is 6.07 Å². The largest absolute Gasteiger partial charge is 0.394 e. The van der Waals surface area contributed by atoms with E-state index in [0.29, 0.717) is 6.04 Å². The summed E-state index contributed by atoms with van der Waals surface area (Å²) < 4.78 is 0. The van der Waals surface area contributed by atoms with Gasteiger partial charge in [0.2, 0.25) is 0 Å². The Morgan fingerprint density at radius 1 is 1.40 bits per heavy atom. The molecule has 1 N–H and O–H groups in total. The van der Waals surface area contributed by atoms with Crippen LogP contribution in [0.3, 0.4) is 0 Å². The minimum absolute atomic E-state index is 0.134. The van der Waals surface area contributed by atoms with Crippen molar-refractivity contribution in [2.75, 3.05) is 13.7 Å². The predicted octanol–water partition coefficient (Wildman–Crippen LogP) is 1.77. The Morgan fingerprint density at radius 3 is 2.53 bits per heavy atom. The van der Waals surface area contributed by atoms with Gasteiger partial charge < -0.3 is 5.11 Å². The van der Waals surface area contributed by atoms with Gasteiger partial charge in [0.25, 0.3) is 0 Å². The number of rotatable bonds is 3. The third-order valence-corrected chi connectivity index (χ3v) is 3.73. The van der Waals surface area contributed by atoms with Crippen LogP contribution in [0.15, 0.2) is 0 Å². The molecule has 2 atom stereocenters. The number of nitrogens with zero attached hydrogens (tertiary/aromatic N) is 2. The lowest BCUT2D eigenvalue weighted by Gasteiger charge is -2.43. The fourth-order valence-electron chi connectivity index (χ4n) is 2.29. The Labute approximate surface area is 92.7 Å². The van der Waals surface area contributed by atoms with Gasteiger partial charge in [-0.25, -0.2) is 0 Å². The zero-order chi connectivity index (χ0) is 11.5. The van der Waals surface area contributed by atoms with E-state index in [1.807, 2.05) is 20.9 Å². The number of hydrogen-bond donors (Lipinski definition) is 1. The van der Waals surface area contributed by atoms with Crippen molar-refractivity contribution >= 4 is 0 Å². The summed E-state index contributed by atoms with van der Waals surface area (Å²) in [6, 6.07) is 2.72. The molecule has 0 aliphatic heterocycles. The van der Waals surface area contributed by atoms with E-state index in [0.717, 1.165) is 12.8 Å². The summed E-state index contributed by atoms with van der Waals surface area (Å²) in [5.41, 5.74) is -0.225. The molecule has 1 aliphatic carbocycles. The summed E-state index contributed by atoms with van der Waals surface area (Å²) >= 11 is 0. The summed E-state index contributed by atoms with van der Waals surface area (Å²) in [5.74, 6) is 0.134. The first kappa shape index (κ1) is 12.5. The summed E-state index contributed by atoms with van der Waals surface area (Å²) in [4.78, 5) is 2.18. The number of aliphatic hydroxyl groups excluding tert-OH is 1. The predicted molar refractivity (Wildman–Crippen MR) is 60.3 cm³/mol. The second-order valence-corrected chi connectivity index (χ2v) is 5.17. The lowest BCUT2D eigenvalue weighted by atomic mass is 9.83. The molecule has 3 nitrogen and oxygen atoms in total. The van der Waals surface area contributed by atoms with Gasteiger partial charge in [0.15, 0.2) is 0 Å². The average molecular weight is 210 g/mol. The Morgan fingerprint density at radius 2 is 2.00 bits per heavy atom. The van der Waals surface area contributed by atoms with E-state index in [2.05, 4.69) is 11.0 Å². The molecule has 0 amide bonds. The molecule has 0 radical (unpaired) electrons. The molecule has 3 heteroatoms. The minimum Gasteiger partial charge on any atom is -0.394 e. The van der Waals surface area contributed by atoms with Gasteiger partial charge in [-0.05, 0) is 33.7 Å². The molecule has 86 valence electrons. The fourth-order valence-corrected chi connectivity index (χ4v) is 2.29. The van der Waals surface area contributed by atoms with Crippen molar-refractivity contribution in [1.82, 2.24) is 4.90 Å². The van der Waals surface area contributed by atoms with Gasteiger partial charge in [0.1, 0.15) is 0 Å². The molecular formula is C12H22N2O. The molecule has 0 heterocycles. The molecule has 0 spiro atoms. The molecular weight excluding hydrogens is 188 g/mol. The average Bonchev–Trinajstić information content (AvgIpc) is 2.28. The van der Waals surface area contributed by atoms with Crippen molar-refractivity contribution in [3.63, 3.8) is 0 Å². The molecule has 0 aromatic carbocycles. The number of aliphatic hydroxyl groups is 1. The van der Waals surface area contributed by atoms with E-state index >= 15 is 0 Å². The molecule has 0 aromatic rings. The van der Waals surface area contributed by atoms with Crippen molar-refractivity contribution in [2.24, 2.45) is 5.92 Å². The third-order valence-electron chi connectivity index (χ3n) is 3.73. The number of hydrogen-bond acceptors (Lipinski definition) is 3. The first-order chi connectivity index (χ1) is 7.03. The van der Waals surface area contributed by atoms with E-state index < -0.39 is 0 Å². The van der Waals surface area contributed by atoms with E-state index in [9.17, 15) is 5.11 Å². The van der Waals surface area contributed by atoms with Gasteiger partial charge in [-0.1, -0.05) is 12.8 Å². The van der Waals surface area contributed by atoms with Crippen LogP contribution in [0, 0.1) is 17.2 Å². The smallest absolute Gasteiger partial charge is 0.0672 e. The Bertz CT molecular complexity index is 244. The second kappa shape index (κ2) is 4.96. The van der Waals surface area contributed by atoms with Gasteiger partial charge in [-0.3, -0.25) is 4.90 Å². The maximum Gasteiger partial charge on any atom is 0.0672 e. The maximum atomic E-state index is 9.33. The van der Waals surface area contributed by atoms with E-state index in [4.69, 9.17) is 5.26 Å². The minimum atomic E-state index is -0.225. The van der Waals surface area contributed by atoms with Crippen molar-refractivity contribution in [3.05, 3.63) is 0 Å². The summed E-state index contributed by atoms with van der Waals surface area (Å²) in [6.07, 6.45) is 4.46. The molecule has 1 rings (SSSR count). The summed E-state index contributed by atoms with van der Waals surface area (Å²) in [7, 11) is 2.02. The van der Waals surface area contributed by atoms with Crippen molar-refractivity contribution in [2.45, 2.75) is 51.1 Å². The number of likely N-dealkylation sites (N-methyl/N-ethyl adjacent to an activating group) is 1. The van der Waals surface area contributed by atoms with Crippen molar-refractivity contribution < 1.29 is 5.11 Å². The third kappa shape index (κ3) is 2.70. The molecule has 1 fully saturated rings. The zero-order valence-corrected chi connectivity index (χ0v) is 10.0. The summed E-state index contributed by atoms with van der Waals surface area (Å²) in [6.45, 7) is 4.18. The lowest BCUT2D eigenvalue weighted by molar-refractivity contribution is 0.0187. The van der Waals surface area contributed by atoms with E-state index in [-0.39, 0.29) is 18.1 Å². The van der Waals surface area contributed by atoms with Crippen LogP contribution < -0.4 is 0 Å². The van der Waals surface area contributed by atoms with Gasteiger partial charge in [0.05, 0.1) is 18.6 Å². The monoisotopic (exact) mass is 210 g/mol. The Hall–Kier alpha value is -0.590. The molecule has 2 unspecified atom stereocenters. The molecule has 0 aromatic heterocycles. The topological polar surface area (TPSA) is 47.3 Å². The highest BCUT2D eigenvalue weighted by Gasteiger charge is 2.35. The van der Waals surface area contributed by atoms with Crippen LogP contribution in [0.5, 0.6) is 0 Å². The van der Waals surface area contributed by atoms with Crippen LogP contribution in [0.25, 0.3) is 0 Å². The van der Waals surface area contributed by atoms with Gasteiger partial charge >= 0.3 is 0 Å². The SMILES string of the molecule is CN(C1CCCCC1C#N)C(C)(C)CO. The quantitative estimate of drug-likeness (QED) is 0.772. The molecule has 0 bridgehead atoms. The van der Waals surface area contributed by atoms with Crippen LogP contribution >= 0.6 is 0 Å². The standard InChI is InChI=1S/C12H22N2O/c1-12(2,9-15)14(3)11-7-5-4-6-10(11)8-13/h10-11,15H,4-7,9H2,1-3H3. The molecule has 15 heavy (non-hydrogen) atoms.